The second-order valence-electron chi connectivity index (χ2n) is 5.41. The fourth-order valence-electron chi connectivity index (χ4n) is 2.53. The van der Waals surface area contributed by atoms with Crippen LogP contribution in [-0.4, -0.2) is 47.3 Å². The first-order chi connectivity index (χ1) is 10.2. The number of aliphatic hydroxyl groups excluding tert-OH is 2. The molecule has 0 unspecified atom stereocenters. The summed E-state index contributed by atoms with van der Waals surface area (Å²) in [6.45, 7) is 3.33. The average molecular weight is 287 g/mol. The predicted molar refractivity (Wildman–Crippen MR) is 80.9 cm³/mol. The number of hydrogen-bond acceptors (Lipinski definition) is 3. The highest BCUT2D eigenvalue weighted by Crippen LogP contribution is 2.19. The molecule has 0 bridgehead atoms. The Kier molecular flexibility index (Phi) is 5.38. The zero-order valence-electron chi connectivity index (χ0n) is 12.3. The Bertz CT molecular complexity index is 563. The highest BCUT2D eigenvalue weighted by atomic mass is 16.3. The number of aliphatic hydroxyl groups is 2. The average Bonchev–Trinajstić information content (AvgIpc) is 2.53. The number of carbonyl (C=O) groups excluding carboxylic acids is 1. The fraction of sp³-hybridized carbons (Fsp3) is 0.471. The monoisotopic (exact) mass is 287 g/mol. The third-order valence-corrected chi connectivity index (χ3v) is 3.95. The van der Waals surface area contributed by atoms with Gasteiger partial charge in [0.1, 0.15) is 6.61 Å². The van der Waals surface area contributed by atoms with Gasteiger partial charge >= 0.3 is 0 Å². The van der Waals surface area contributed by atoms with E-state index in [2.05, 4.69) is 11.8 Å². The Labute approximate surface area is 125 Å². The van der Waals surface area contributed by atoms with Crippen LogP contribution in [0.4, 0.5) is 0 Å². The van der Waals surface area contributed by atoms with Gasteiger partial charge in [-0.1, -0.05) is 17.9 Å². The van der Waals surface area contributed by atoms with E-state index in [9.17, 15) is 4.79 Å². The van der Waals surface area contributed by atoms with Gasteiger partial charge in [0.25, 0.3) is 5.91 Å². The van der Waals surface area contributed by atoms with Crippen molar-refractivity contribution in [1.29, 1.82) is 0 Å². The molecule has 0 atom stereocenters. The molecule has 1 amide bonds. The number of benzene rings is 1. The first-order valence-corrected chi connectivity index (χ1v) is 7.26. The van der Waals surface area contributed by atoms with E-state index in [1.165, 1.54) is 0 Å². The molecule has 1 heterocycles. The van der Waals surface area contributed by atoms with Crippen LogP contribution < -0.4 is 0 Å². The van der Waals surface area contributed by atoms with Crippen LogP contribution in [0.3, 0.4) is 0 Å². The molecule has 1 aromatic rings. The quantitative estimate of drug-likeness (QED) is 0.803. The van der Waals surface area contributed by atoms with Gasteiger partial charge in [0.15, 0.2) is 0 Å². The molecule has 1 saturated heterocycles. The van der Waals surface area contributed by atoms with Crippen molar-refractivity contribution in [2.24, 2.45) is 5.92 Å². The number of hydrogen-bond donors (Lipinski definition) is 2. The standard InChI is InChI=1S/C17H21NO3/c1-13-4-5-16(11-15(13)3-2-10-19)17(21)18-8-6-14(12-20)7-9-18/h4-5,11,14,19-20H,6-10,12H2,1H3. The summed E-state index contributed by atoms with van der Waals surface area (Å²) in [5.74, 6) is 5.82. The smallest absolute Gasteiger partial charge is 0.253 e. The third-order valence-electron chi connectivity index (χ3n) is 3.95. The third kappa shape index (κ3) is 3.84. The maximum Gasteiger partial charge on any atom is 0.253 e. The van der Waals surface area contributed by atoms with E-state index in [1.54, 1.807) is 6.07 Å². The van der Waals surface area contributed by atoms with Crippen LogP contribution >= 0.6 is 0 Å². The summed E-state index contributed by atoms with van der Waals surface area (Å²) in [5, 5.41) is 17.9. The van der Waals surface area contributed by atoms with Crippen molar-refractivity contribution < 1.29 is 15.0 Å². The molecule has 0 radical (unpaired) electrons. The molecular weight excluding hydrogens is 266 g/mol. The van der Waals surface area contributed by atoms with Crippen molar-refractivity contribution in [3.8, 4) is 11.8 Å². The molecule has 2 N–H and O–H groups in total. The van der Waals surface area contributed by atoms with Crippen molar-refractivity contribution >= 4 is 5.91 Å². The SMILES string of the molecule is Cc1ccc(C(=O)N2CCC(CO)CC2)cc1C#CCO. The molecule has 4 heteroatoms. The minimum absolute atomic E-state index is 0.0124. The number of rotatable bonds is 2. The number of likely N-dealkylation sites (tertiary alicyclic amines) is 1. The highest BCUT2D eigenvalue weighted by Gasteiger charge is 2.23. The van der Waals surface area contributed by atoms with Gasteiger partial charge in [-0.3, -0.25) is 4.79 Å². The van der Waals surface area contributed by atoms with Crippen LogP contribution in [0.25, 0.3) is 0 Å². The van der Waals surface area contributed by atoms with Crippen LogP contribution in [0.2, 0.25) is 0 Å². The van der Waals surface area contributed by atoms with Gasteiger partial charge in [0, 0.05) is 30.8 Å². The van der Waals surface area contributed by atoms with Crippen molar-refractivity contribution in [3.05, 3.63) is 34.9 Å². The minimum atomic E-state index is -0.188. The molecule has 0 saturated carbocycles. The fourth-order valence-corrected chi connectivity index (χ4v) is 2.53. The molecule has 1 aromatic carbocycles. The normalized spacial score (nSPS) is 15.5. The molecule has 0 aromatic heterocycles. The lowest BCUT2D eigenvalue weighted by Gasteiger charge is -2.31. The number of nitrogens with zero attached hydrogens (tertiary/aromatic N) is 1. The summed E-state index contributed by atoms with van der Waals surface area (Å²) in [5.41, 5.74) is 2.40. The lowest BCUT2D eigenvalue weighted by molar-refractivity contribution is 0.0651. The summed E-state index contributed by atoms with van der Waals surface area (Å²) in [6, 6.07) is 5.49. The van der Waals surface area contributed by atoms with Gasteiger partial charge in [-0.25, -0.2) is 0 Å². The molecule has 112 valence electrons. The van der Waals surface area contributed by atoms with E-state index < -0.39 is 0 Å². The Morgan fingerprint density at radius 2 is 2.05 bits per heavy atom. The molecule has 21 heavy (non-hydrogen) atoms. The molecular formula is C17H21NO3. The summed E-state index contributed by atoms with van der Waals surface area (Å²) >= 11 is 0. The molecule has 1 aliphatic rings. The van der Waals surface area contributed by atoms with Crippen molar-refractivity contribution in [2.45, 2.75) is 19.8 Å². The van der Waals surface area contributed by atoms with Gasteiger partial charge in [-0.05, 0) is 43.4 Å². The minimum Gasteiger partial charge on any atom is -0.396 e. The van der Waals surface area contributed by atoms with Gasteiger partial charge in [-0.2, -0.15) is 0 Å². The molecule has 2 rings (SSSR count). The van der Waals surface area contributed by atoms with Crippen LogP contribution in [0.1, 0.15) is 34.3 Å². The second kappa shape index (κ2) is 7.26. The number of carbonyl (C=O) groups is 1. The Hall–Kier alpha value is -1.83. The largest absolute Gasteiger partial charge is 0.396 e. The molecule has 1 fully saturated rings. The van der Waals surface area contributed by atoms with Crippen molar-refractivity contribution in [3.63, 3.8) is 0 Å². The maximum atomic E-state index is 12.5. The lowest BCUT2D eigenvalue weighted by atomic mass is 9.97. The Balaban J connectivity index is 2.13. The van der Waals surface area contributed by atoms with E-state index in [4.69, 9.17) is 10.2 Å². The summed E-state index contributed by atoms with van der Waals surface area (Å²) in [4.78, 5) is 14.3. The van der Waals surface area contributed by atoms with Crippen molar-refractivity contribution in [1.82, 2.24) is 4.90 Å². The summed E-state index contributed by atoms with van der Waals surface area (Å²) in [6.07, 6.45) is 1.70. The van der Waals surface area contributed by atoms with Gasteiger partial charge in [0.05, 0.1) is 0 Å². The maximum absolute atomic E-state index is 12.5. The topological polar surface area (TPSA) is 60.8 Å². The highest BCUT2D eigenvalue weighted by molar-refractivity contribution is 5.94. The summed E-state index contributed by atoms with van der Waals surface area (Å²) < 4.78 is 0. The molecule has 1 aliphatic heterocycles. The van der Waals surface area contributed by atoms with Crippen molar-refractivity contribution in [2.75, 3.05) is 26.3 Å². The van der Waals surface area contributed by atoms with Gasteiger partial charge in [0.2, 0.25) is 0 Å². The van der Waals surface area contributed by atoms with E-state index in [0.717, 1.165) is 24.0 Å². The summed E-state index contributed by atoms with van der Waals surface area (Å²) in [7, 11) is 0. The van der Waals surface area contributed by atoms with E-state index in [0.29, 0.717) is 24.6 Å². The zero-order valence-corrected chi connectivity index (χ0v) is 12.3. The van der Waals surface area contributed by atoms with Crippen LogP contribution in [0, 0.1) is 24.7 Å². The predicted octanol–water partition coefficient (Wildman–Crippen LogP) is 1.18. The van der Waals surface area contributed by atoms with E-state index in [1.807, 2.05) is 24.0 Å². The number of piperidine rings is 1. The van der Waals surface area contributed by atoms with Crippen LogP contribution in [0.5, 0.6) is 0 Å². The van der Waals surface area contributed by atoms with Crippen LogP contribution in [0.15, 0.2) is 18.2 Å². The zero-order chi connectivity index (χ0) is 15.2. The first-order valence-electron chi connectivity index (χ1n) is 7.26. The van der Waals surface area contributed by atoms with Gasteiger partial charge < -0.3 is 15.1 Å². The van der Waals surface area contributed by atoms with E-state index in [-0.39, 0.29) is 19.1 Å². The molecule has 4 nitrogen and oxygen atoms in total. The second-order valence-corrected chi connectivity index (χ2v) is 5.41. The van der Waals surface area contributed by atoms with Gasteiger partial charge in [-0.15, -0.1) is 0 Å². The Morgan fingerprint density at radius 3 is 2.67 bits per heavy atom. The van der Waals surface area contributed by atoms with Crippen LogP contribution in [-0.2, 0) is 0 Å². The number of aryl methyl sites for hydroxylation is 1. The number of amides is 1. The first kappa shape index (κ1) is 15.6. The lowest BCUT2D eigenvalue weighted by Crippen LogP contribution is -2.39. The molecule has 0 spiro atoms. The Morgan fingerprint density at radius 1 is 1.33 bits per heavy atom. The molecule has 0 aliphatic carbocycles. The van der Waals surface area contributed by atoms with E-state index >= 15 is 0 Å².